The lowest BCUT2D eigenvalue weighted by atomic mass is 9.74. The highest BCUT2D eigenvalue weighted by molar-refractivity contribution is 5.91. The monoisotopic (exact) mass is 330 g/mol. The van der Waals surface area contributed by atoms with Crippen molar-refractivity contribution in [2.24, 2.45) is 0 Å². The first-order valence-corrected chi connectivity index (χ1v) is 7.29. The van der Waals surface area contributed by atoms with Crippen molar-refractivity contribution in [1.82, 2.24) is 0 Å². The average Bonchev–Trinajstić information content (AvgIpc) is 2.56. The Morgan fingerprint density at radius 2 is 0.958 bits per heavy atom. The summed E-state index contributed by atoms with van der Waals surface area (Å²) in [6.45, 7) is 0. The molecule has 0 unspecified atom stereocenters. The van der Waals surface area contributed by atoms with Crippen LogP contribution in [0.4, 0.5) is 0 Å². The topological polar surface area (TPSA) is 115 Å². The van der Waals surface area contributed by atoms with Gasteiger partial charge in [-0.3, -0.25) is 0 Å². The summed E-state index contributed by atoms with van der Waals surface area (Å²) in [6.07, 6.45) is -1.09. The first-order chi connectivity index (χ1) is 11.3. The highest BCUT2D eigenvalue weighted by Crippen LogP contribution is 2.31. The molecule has 0 aromatic heterocycles. The largest absolute Gasteiger partial charge is 0.479 e. The van der Waals surface area contributed by atoms with Crippen LogP contribution in [-0.4, -0.2) is 43.6 Å². The predicted molar refractivity (Wildman–Crippen MR) is 85.5 cm³/mol. The lowest BCUT2D eigenvalue weighted by Gasteiger charge is -2.37. The number of rotatable bonds is 7. The lowest BCUT2D eigenvalue weighted by molar-refractivity contribution is -0.206. The number of carbonyl (C=O) groups is 2. The highest BCUT2D eigenvalue weighted by atomic mass is 16.5. The van der Waals surface area contributed by atoms with Crippen LogP contribution in [0.15, 0.2) is 60.7 Å². The van der Waals surface area contributed by atoms with E-state index >= 15 is 0 Å². The third-order valence-electron chi connectivity index (χ3n) is 4.00. The third-order valence-corrected chi connectivity index (χ3v) is 4.00. The number of carboxylic acids is 2. The minimum absolute atomic E-state index is 0.398. The van der Waals surface area contributed by atoms with Gasteiger partial charge in [0.2, 0.25) is 11.2 Å². The first-order valence-electron chi connectivity index (χ1n) is 7.29. The van der Waals surface area contributed by atoms with E-state index in [9.17, 15) is 30.0 Å². The molecular weight excluding hydrogens is 312 g/mol. The van der Waals surface area contributed by atoms with E-state index in [1.165, 1.54) is 0 Å². The van der Waals surface area contributed by atoms with Gasteiger partial charge in [0, 0.05) is 12.8 Å². The molecule has 2 aromatic carbocycles. The van der Waals surface area contributed by atoms with Crippen LogP contribution in [0.5, 0.6) is 0 Å². The van der Waals surface area contributed by atoms with Crippen molar-refractivity contribution in [3.63, 3.8) is 0 Å². The average molecular weight is 330 g/mol. The molecule has 4 N–H and O–H groups in total. The van der Waals surface area contributed by atoms with Crippen molar-refractivity contribution in [2.75, 3.05) is 0 Å². The van der Waals surface area contributed by atoms with E-state index < -0.39 is 36.0 Å². The normalized spacial score (nSPS) is 15.9. The van der Waals surface area contributed by atoms with Gasteiger partial charge >= 0.3 is 11.9 Å². The Kier molecular flexibility index (Phi) is 5.02. The summed E-state index contributed by atoms with van der Waals surface area (Å²) in [5.74, 6) is -3.60. The Labute approximate surface area is 138 Å². The zero-order chi connectivity index (χ0) is 17.8. The molecule has 0 saturated carbocycles. The second-order valence-corrected chi connectivity index (χ2v) is 5.66. The van der Waals surface area contributed by atoms with Gasteiger partial charge in [0.05, 0.1) is 0 Å². The summed E-state index contributed by atoms with van der Waals surface area (Å²) in [5, 5.41) is 40.3. The molecule has 0 amide bonds. The van der Waals surface area contributed by atoms with E-state index in [0.29, 0.717) is 11.1 Å². The van der Waals surface area contributed by atoms with Gasteiger partial charge < -0.3 is 20.4 Å². The molecule has 0 aliphatic heterocycles. The minimum atomic E-state index is -2.89. The molecular formula is C18H18O6. The Morgan fingerprint density at radius 1 is 0.667 bits per heavy atom. The second kappa shape index (κ2) is 6.82. The fraction of sp³-hybridized carbons (Fsp3) is 0.222. The quantitative estimate of drug-likeness (QED) is 0.604. The van der Waals surface area contributed by atoms with Crippen LogP contribution < -0.4 is 0 Å². The van der Waals surface area contributed by atoms with E-state index in [2.05, 4.69) is 0 Å². The molecule has 0 bridgehead atoms. The highest BCUT2D eigenvalue weighted by Gasteiger charge is 2.60. The van der Waals surface area contributed by atoms with Crippen molar-refractivity contribution in [1.29, 1.82) is 0 Å². The van der Waals surface area contributed by atoms with Gasteiger partial charge in [-0.05, 0) is 11.1 Å². The summed E-state index contributed by atoms with van der Waals surface area (Å²) in [6, 6.07) is 16.2. The maximum absolute atomic E-state index is 11.7. The molecule has 0 saturated heterocycles. The molecule has 6 nitrogen and oxygen atoms in total. The molecule has 24 heavy (non-hydrogen) atoms. The van der Waals surface area contributed by atoms with Crippen molar-refractivity contribution < 1.29 is 30.0 Å². The molecule has 0 aliphatic rings. The van der Waals surface area contributed by atoms with E-state index in [1.807, 2.05) is 0 Å². The van der Waals surface area contributed by atoms with Crippen molar-refractivity contribution >= 4 is 11.9 Å². The molecule has 126 valence electrons. The van der Waals surface area contributed by atoms with Gasteiger partial charge in [-0.2, -0.15) is 0 Å². The molecule has 0 spiro atoms. The number of aliphatic hydroxyl groups is 2. The maximum atomic E-state index is 11.7. The molecule has 0 heterocycles. The van der Waals surface area contributed by atoms with Crippen molar-refractivity contribution in [2.45, 2.75) is 24.0 Å². The number of hydrogen-bond donors (Lipinski definition) is 4. The number of aliphatic carboxylic acids is 2. The van der Waals surface area contributed by atoms with E-state index in [-0.39, 0.29) is 0 Å². The zero-order valence-corrected chi connectivity index (χ0v) is 12.8. The van der Waals surface area contributed by atoms with Crippen LogP contribution in [0.3, 0.4) is 0 Å². The number of hydrogen-bond acceptors (Lipinski definition) is 4. The fourth-order valence-corrected chi connectivity index (χ4v) is 2.58. The third kappa shape index (κ3) is 3.29. The van der Waals surface area contributed by atoms with Gasteiger partial charge in [-0.1, -0.05) is 60.7 Å². The molecule has 2 aromatic rings. The summed E-state index contributed by atoms with van der Waals surface area (Å²) in [4.78, 5) is 23.4. The molecule has 6 heteroatoms. The predicted octanol–water partition coefficient (Wildman–Crippen LogP) is 1.10. The fourth-order valence-electron chi connectivity index (χ4n) is 2.58. The maximum Gasteiger partial charge on any atom is 0.339 e. The van der Waals surface area contributed by atoms with Gasteiger partial charge in [0.25, 0.3) is 0 Å². The smallest absolute Gasteiger partial charge is 0.339 e. The number of carboxylic acid groups (broad SMARTS) is 2. The lowest BCUT2D eigenvalue weighted by Crippen LogP contribution is -2.66. The van der Waals surface area contributed by atoms with Gasteiger partial charge in [0.1, 0.15) is 0 Å². The van der Waals surface area contributed by atoms with Gasteiger partial charge in [-0.25, -0.2) is 9.59 Å². The SMILES string of the molecule is O=C(O)[C@](O)(Cc1ccccc1)[C@@](O)(Cc1ccccc1)C(=O)O. The van der Waals surface area contributed by atoms with Crippen LogP contribution in [0.1, 0.15) is 11.1 Å². The van der Waals surface area contributed by atoms with E-state index in [1.54, 1.807) is 60.7 Å². The van der Waals surface area contributed by atoms with E-state index in [0.717, 1.165) is 0 Å². The van der Waals surface area contributed by atoms with Crippen LogP contribution in [0.25, 0.3) is 0 Å². The molecule has 0 fully saturated rings. The first kappa shape index (κ1) is 17.7. The number of benzene rings is 2. The molecule has 0 aliphatic carbocycles. The van der Waals surface area contributed by atoms with Gasteiger partial charge in [0.15, 0.2) is 0 Å². The molecule has 0 radical (unpaired) electrons. The standard InChI is InChI=1S/C18H18O6/c19-15(20)17(23,11-13-7-3-1-4-8-13)18(24,16(21)22)12-14-9-5-2-6-10-14/h1-10,23-24H,11-12H2,(H,19,20)(H,21,22)/t17-,18-/m1/s1. The van der Waals surface area contributed by atoms with Crippen LogP contribution in [-0.2, 0) is 22.4 Å². The van der Waals surface area contributed by atoms with Crippen molar-refractivity contribution in [3.8, 4) is 0 Å². The van der Waals surface area contributed by atoms with Crippen LogP contribution in [0, 0.1) is 0 Å². The second-order valence-electron chi connectivity index (χ2n) is 5.66. The Bertz CT molecular complexity index is 651. The van der Waals surface area contributed by atoms with Crippen LogP contribution >= 0.6 is 0 Å². The van der Waals surface area contributed by atoms with Crippen molar-refractivity contribution in [3.05, 3.63) is 71.8 Å². The van der Waals surface area contributed by atoms with E-state index in [4.69, 9.17) is 0 Å². The summed E-state index contributed by atoms with van der Waals surface area (Å²) in [7, 11) is 0. The Balaban J connectivity index is 2.47. The summed E-state index contributed by atoms with van der Waals surface area (Å²) >= 11 is 0. The zero-order valence-electron chi connectivity index (χ0n) is 12.8. The Morgan fingerprint density at radius 3 is 1.21 bits per heavy atom. The molecule has 2 rings (SSSR count). The minimum Gasteiger partial charge on any atom is -0.479 e. The summed E-state index contributed by atoms with van der Waals surface area (Å²) in [5.41, 5.74) is -4.99. The summed E-state index contributed by atoms with van der Waals surface area (Å²) < 4.78 is 0. The Hall–Kier alpha value is -2.70. The molecule has 2 atom stereocenters. The van der Waals surface area contributed by atoms with Gasteiger partial charge in [-0.15, -0.1) is 0 Å². The van der Waals surface area contributed by atoms with Crippen LogP contribution in [0.2, 0.25) is 0 Å².